The third-order valence-electron chi connectivity index (χ3n) is 4.80. The van der Waals surface area contributed by atoms with Crippen LogP contribution in [0.15, 0.2) is 41.5 Å². The van der Waals surface area contributed by atoms with Gasteiger partial charge in [0, 0.05) is 40.6 Å². The average Bonchev–Trinajstić information content (AvgIpc) is 3.29. The van der Waals surface area contributed by atoms with E-state index in [-0.39, 0.29) is 5.96 Å². The Balaban J connectivity index is 1.90. The molecular weight excluding hydrogens is 390 g/mol. The van der Waals surface area contributed by atoms with Crippen molar-refractivity contribution in [3.05, 3.63) is 42.1 Å². The number of nitrogens with one attached hydrogen (secondary N) is 2. The van der Waals surface area contributed by atoms with E-state index < -0.39 is 22.9 Å². The fourth-order valence-electron chi connectivity index (χ4n) is 3.18. The van der Waals surface area contributed by atoms with Gasteiger partial charge in [-0.2, -0.15) is 0 Å². The van der Waals surface area contributed by atoms with Gasteiger partial charge in [0.05, 0.1) is 12.7 Å². The third kappa shape index (κ3) is 4.44. The molecule has 2 atom stereocenters. The molecule has 0 aliphatic carbocycles. The number of carbonyl (C=O) groups is 2. The number of carbonyl (C=O) groups excluding carboxylic acids is 1. The summed E-state index contributed by atoms with van der Waals surface area (Å²) in [6.07, 6.45) is 5.76. The van der Waals surface area contributed by atoms with Gasteiger partial charge >= 0.3 is 17.9 Å². The fourth-order valence-corrected chi connectivity index (χ4v) is 3.18. The maximum absolute atomic E-state index is 12.2. The highest BCUT2D eigenvalue weighted by atomic mass is 16.8. The number of H-pyrrole nitrogens is 1. The predicted molar refractivity (Wildman–Crippen MR) is 110 cm³/mol. The Morgan fingerprint density at radius 1 is 1.33 bits per heavy atom. The average molecular weight is 416 g/mol. The van der Waals surface area contributed by atoms with Crippen LogP contribution in [0.25, 0.3) is 10.9 Å². The first kappa shape index (κ1) is 21.3. The number of aromatic amines is 1. The van der Waals surface area contributed by atoms with E-state index in [0.717, 1.165) is 41.8 Å². The number of hydroxylamine groups is 2. The number of quaternary nitrogens is 1. The molecule has 0 saturated carbocycles. The van der Waals surface area contributed by atoms with Gasteiger partial charge in [-0.25, -0.2) is 19.4 Å². The van der Waals surface area contributed by atoms with Crippen molar-refractivity contribution >= 4 is 28.8 Å². The van der Waals surface area contributed by atoms with Gasteiger partial charge in [-0.05, 0) is 30.0 Å². The number of aromatic nitrogens is 1. The molecule has 1 aliphatic rings. The summed E-state index contributed by atoms with van der Waals surface area (Å²) in [5.41, 5.74) is 11.0. The SMILES string of the molecule is CCCCCN=C(N)[N+]1(OC(=O)/C=C\C(=O)O)NC1c1c[nH]c2ccc(OC)cc12. The second-order valence-corrected chi connectivity index (χ2v) is 6.87. The van der Waals surface area contributed by atoms with Crippen LogP contribution >= 0.6 is 0 Å². The molecule has 5 N–H and O–H groups in total. The minimum Gasteiger partial charge on any atom is -0.497 e. The number of aliphatic carboxylic acids is 1. The summed E-state index contributed by atoms with van der Waals surface area (Å²) in [4.78, 5) is 35.9. The van der Waals surface area contributed by atoms with Crippen molar-refractivity contribution in [3.63, 3.8) is 0 Å². The number of unbranched alkanes of at least 4 members (excludes halogenated alkanes) is 2. The second-order valence-electron chi connectivity index (χ2n) is 6.87. The summed E-state index contributed by atoms with van der Waals surface area (Å²) in [5.74, 6) is -1.33. The quantitative estimate of drug-likeness (QED) is 0.129. The van der Waals surface area contributed by atoms with Crippen molar-refractivity contribution in [1.29, 1.82) is 0 Å². The Kier molecular flexibility index (Phi) is 6.38. The van der Waals surface area contributed by atoms with Gasteiger partial charge in [0.1, 0.15) is 5.75 Å². The Morgan fingerprint density at radius 2 is 2.13 bits per heavy atom. The lowest BCUT2D eigenvalue weighted by Crippen LogP contribution is -2.44. The van der Waals surface area contributed by atoms with Crippen LogP contribution in [-0.2, 0) is 14.4 Å². The highest BCUT2D eigenvalue weighted by Gasteiger charge is 2.67. The normalized spacial score (nSPS) is 21.1. The van der Waals surface area contributed by atoms with Crippen LogP contribution < -0.4 is 15.9 Å². The Morgan fingerprint density at radius 3 is 2.83 bits per heavy atom. The molecular formula is C20H26N5O5+. The lowest BCUT2D eigenvalue weighted by atomic mass is 10.1. The van der Waals surface area contributed by atoms with E-state index >= 15 is 0 Å². The molecule has 3 rings (SSSR count). The van der Waals surface area contributed by atoms with Gasteiger partial charge in [-0.1, -0.05) is 19.8 Å². The number of aliphatic imine (C=N–C) groups is 1. The second kappa shape index (κ2) is 8.97. The van der Waals surface area contributed by atoms with Crippen LogP contribution in [-0.4, -0.2) is 46.4 Å². The molecule has 1 saturated heterocycles. The predicted octanol–water partition coefficient (Wildman–Crippen LogP) is 2.11. The standard InChI is InChI=1S/C20H25N5O5/c1-3-4-5-10-22-20(21)25(30-18(28)9-8-17(26)27)19(24-25)15-12-23-16-7-6-13(29-2)11-14(15)16/h6-9,11-12,19,23-24H,3-5,10H2,1-2H3,(H2-,21,22,26,27)/p+1/b9-8-. The van der Waals surface area contributed by atoms with Gasteiger partial charge in [-0.15, -0.1) is 0 Å². The molecule has 30 heavy (non-hydrogen) atoms. The molecule has 0 bridgehead atoms. The van der Waals surface area contributed by atoms with Crippen molar-refractivity contribution < 1.29 is 29.0 Å². The third-order valence-corrected chi connectivity index (χ3v) is 4.80. The number of ether oxygens (including phenoxy) is 1. The molecule has 1 aromatic heterocycles. The van der Waals surface area contributed by atoms with E-state index in [9.17, 15) is 9.59 Å². The summed E-state index contributed by atoms with van der Waals surface area (Å²) in [6.45, 7) is 2.59. The first-order valence-corrected chi connectivity index (χ1v) is 9.68. The van der Waals surface area contributed by atoms with Crippen LogP contribution in [0.1, 0.15) is 37.9 Å². The number of hydrogen-bond donors (Lipinski definition) is 4. The lowest BCUT2D eigenvalue weighted by molar-refractivity contribution is -0.943. The zero-order chi connectivity index (χ0) is 21.7. The summed E-state index contributed by atoms with van der Waals surface area (Å²) >= 11 is 0. The monoisotopic (exact) mass is 416 g/mol. The first-order chi connectivity index (χ1) is 14.4. The van der Waals surface area contributed by atoms with E-state index in [0.29, 0.717) is 18.4 Å². The van der Waals surface area contributed by atoms with E-state index in [1.807, 2.05) is 18.2 Å². The minimum atomic E-state index is -1.25. The van der Waals surface area contributed by atoms with Crippen LogP contribution in [0.2, 0.25) is 0 Å². The Hall–Kier alpha value is -3.37. The van der Waals surface area contributed by atoms with Crippen LogP contribution in [0.3, 0.4) is 0 Å². The van der Waals surface area contributed by atoms with Gasteiger partial charge in [0.25, 0.3) is 6.17 Å². The number of nitrogens with two attached hydrogens (primary N) is 1. The molecule has 2 aromatic rings. The zero-order valence-electron chi connectivity index (χ0n) is 16.9. The number of benzene rings is 1. The van der Waals surface area contributed by atoms with E-state index in [1.54, 1.807) is 13.3 Å². The number of rotatable bonds is 8. The summed E-state index contributed by atoms with van der Waals surface area (Å²) in [7, 11) is 1.58. The molecule has 0 amide bonds. The summed E-state index contributed by atoms with van der Waals surface area (Å²) in [5, 5.41) is 9.62. The van der Waals surface area contributed by atoms with Crippen molar-refractivity contribution in [1.82, 2.24) is 10.4 Å². The number of fused-ring (bicyclic) bond motifs is 1. The van der Waals surface area contributed by atoms with E-state index in [1.165, 1.54) is 0 Å². The molecule has 2 heterocycles. The largest absolute Gasteiger partial charge is 0.497 e. The van der Waals surface area contributed by atoms with Gasteiger partial charge in [-0.3, -0.25) is 0 Å². The summed E-state index contributed by atoms with van der Waals surface area (Å²) < 4.78 is 4.77. The van der Waals surface area contributed by atoms with Gasteiger partial charge in [0.2, 0.25) is 0 Å². The smallest absolute Gasteiger partial charge is 0.394 e. The number of guanidine groups is 1. The van der Waals surface area contributed by atoms with Crippen LogP contribution in [0.4, 0.5) is 0 Å². The maximum atomic E-state index is 12.2. The number of hydrogen-bond acceptors (Lipinski definition) is 6. The zero-order valence-corrected chi connectivity index (χ0v) is 16.9. The molecule has 160 valence electrons. The number of carboxylic acid groups (broad SMARTS) is 1. The van der Waals surface area contributed by atoms with Crippen molar-refractivity contribution in [2.24, 2.45) is 10.7 Å². The number of nitrogens with zero attached hydrogens (tertiary/aromatic N) is 2. The molecule has 10 nitrogen and oxygen atoms in total. The lowest BCUT2D eigenvalue weighted by Gasteiger charge is -2.12. The topological polar surface area (TPSA) is 149 Å². The maximum Gasteiger partial charge on any atom is 0.394 e. The number of carboxylic acids is 1. The fraction of sp³-hybridized carbons (Fsp3) is 0.350. The highest BCUT2D eigenvalue weighted by Crippen LogP contribution is 2.42. The van der Waals surface area contributed by atoms with Gasteiger partial charge in [0.15, 0.2) is 0 Å². The minimum absolute atomic E-state index is 0.0884. The molecule has 1 aliphatic heterocycles. The molecule has 0 spiro atoms. The summed E-state index contributed by atoms with van der Waals surface area (Å²) in [6, 6.07) is 5.60. The van der Waals surface area contributed by atoms with E-state index in [2.05, 4.69) is 22.3 Å². The first-order valence-electron chi connectivity index (χ1n) is 9.68. The van der Waals surface area contributed by atoms with Crippen LogP contribution in [0, 0.1) is 0 Å². The van der Waals surface area contributed by atoms with Crippen molar-refractivity contribution in [2.75, 3.05) is 13.7 Å². The Bertz CT molecular complexity index is 999. The Labute approximate surface area is 173 Å². The molecule has 1 fully saturated rings. The highest BCUT2D eigenvalue weighted by molar-refractivity contribution is 5.91. The molecule has 10 heteroatoms. The molecule has 0 radical (unpaired) electrons. The molecule has 1 aromatic carbocycles. The van der Waals surface area contributed by atoms with Gasteiger partial charge < -0.3 is 20.6 Å². The number of methoxy groups -OCH3 is 1. The van der Waals surface area contributed by atoms with Crippen molar-refractivity contribution in [3.8, 4) is 5.75 Å². The van der Waals surface area contributed by atoms with E-state index in [4.69, 9.17) is 20.4 Å². The van der Waals surface area contributed by atoms with Crippen molar-refractivity contribution in [2.45, 2.75) is 32.4 Å². The van der Waals surface area contributed by atoms with Crippen LogP contribution in [0.5, 0.6) is 5.75 Å². The molecule has 2 unspecified atom stereocenters.